The molecule has 3 aromatic rings. The van der Waals surface area contributed by atoms with Gasteiger partial charge < -0.3 is 19.5 Å². The molecule has 0 spiro atoms. The number of halogens is 1. The van der Waals surface area contributed by atoms with Gasteiger partial charge >= 0.3 is 0 Å². The van der Waals surface area contributed by atoms with E-state index in [-0.39, 0.29) is 27.1 Å². The van der Waals surface area contributed by atoms with Crippen LogP contribution in [0, 0.1) is 13.8 Å². The Labute approximate surface area is 210 Å². The highest BCUT2D eigenvalue weighted by Gasteiger charge is 2.30. The first-order chi connectivity index (χ1) is 16.6. The molecule has 0 aliphatic carbocycles. The Morgan fingerprint density at radius 3 is 2.06 bits per heavy atom. The van der Waals surface area contributed by atoms with Crippen molar-refractivity contribution >= 4 is 38.9 Å². The minimum Gasteiger partial charge on any atom is -0.495 e. The molecule has 0 atom stereocenters. The van der Waals surface area contributed by atoms with Crippen molar-refractivity contribution in [3.05, 3.63) is 70.7 Å². The number of sulfonamides is 1. The van der Waals surface area contributed by atoms with Crippen molar-refractivity contribution in [1.29, 1.82) is 0 Å². The first kappa shape index (κ1) is 26.2. The van der Waals surface area contributed by atoms with Gasteiger partial charge in [0.2, 0.25) is 5.91 Å². The van der Waals surface area contributed by atoms with Crippen LogP contribution in [0.1, 0.15) is 11.1 Å². The van der Waals surface area contributed by atoms with E-state index >= 15 is 0 Å². The smallest absolute Gasteiger partial charge is 0.265 e. The summed E-state index contributed by atoms with van der Waals surface area (Å²) in [5.74, 6) is 0.288. The van der Waals surface area contributed by atoms with Gasteiger partial charge in [-0.1, -0.05) is 17.7 Å². The number of nitrogens with zero attached hydrogens (tertiary/aromatic N) is 1. The lowest BCUT2D eigenvalue weighted by Crippen LogP contribution is -2.38. The molecule has 0 unspecified atom stereocenters. The second kappa shape index (κ2) is 10.9. The Bertz CT molecular complexity index is 1320. The number of aryl methyl sites for hydroxylation is 2. The van der Waals surface area contributed by atoms with Gasteiger partial charge in [-0.3, -0.25) is 9.10 Å². The van der Waals surface area contributed by atoms with Gasteiger partial charge in [-0.2, -0.15) is 0 Å². The predicted molar refractivity (Wildman–Crippen MR) is 137 cm³/mol. The fourth-order valence-corrected chi connectivity index (χ4v) is 5.25. The summed E-state index contributed by atoms with van der Waals surface area (Å²) in [5, 5.41) is 3.06. The molecule has 0 saturated carbocycles. The molecule has 0 aliphatic heterocycles. The van der Waals surface area contributed by atoms with Gasteiger partial charge in [0.1, 0.15) is 12.3 Å². The van der Waals surface area contributed by atoms with Crippen LogP contribution < -0.4 is 23.8 Å². The maximum atomic E-state index is 13.8. The molecule has 0 fully saturated rings. The van der Waals surface area contributed by atoms with Gasteiger partial charge in [0, 0.05) is 16.8 Å². The first-order valence-electron chi connectivity index (χ1n) is 10.6. The van der Waals surface area contributed by atoms with Gasteiger partial charge in [-0.05, 0) is 67.4 Å². The summed E-state index contributed by atoms with van der Waals surface area (Å²) in [6.45, 7) is 3.29. The lowest BCUT2D eigenvalue weighted by atomic mass is 10.1. The molecule has 0 aliphatic rings. The van der Waals surface area contributed by atoms with Crippen LogP contribution in [0.25, 0.3) is 0 Å². The van der Waals surface area contributed by atoms with Crippen molar-refractivity contribution in [2.45, 2.75) is 18.7 Å². The molecule has 8 nitrogen and oxygen atoms in total. The van der Waals surface area contributed by atoms with Crippen LogP contribution in [0.4, 0.5) is 11.4 Å². The van der Waals surface area contributed by atoms with Crippen LogP contribution >= 0.6 is 11.6 Å². The van der Waals surface area contributed by atoms with Crippen LogP contribution in [0.3, 0.4) is 0 Å². The monoisotopic (exact) mass is 518 g/mol. The number of benzene rings is 3. The quantitative estimate of drug-likeness (QED) is 0.436. The normalized spacial score (nSPS) is 11.0. The topological polar surface area (TPSA) is 94.2 Å². The van der Waals surface area contributed by atoms with Crippen LogP contribution in [-0.2, 0) is 14.8 Å². The van der Waals surface area contributed by atoms with Crippen molar-refractivity contribution in [1.82, 2.24) is 0 Å². The van der Waals surface area contributed by atoms with E-state index in [9.17, 15) is 13.2 Å². The molecule has 10 heteroatoms. The predicted octanol–water partition coefficient (Wildman–Crippen LogP) is 4.82. The van der Waals surface area contributed by atoms with Gasteiger partial charge in [0.15, 0.2) is 11.5 Å². The number of carbonyl (C=O) groups is 1. The SMILES string of the molecule is COc1ccc(S(=O)(=O)N(CC(=O)Nc2cc(C)cc(C)c2)c2cc(Cl)ccc2OC)cc1OC. The van der Waals surface area contributed by atoms with E-state index in [1.165, 1.54) is 51.7 Å². The number of methoxy groups -OCH3 is 3. The highest BCUT2D eigenvalue weighted by Crippen LogP contribution is 2.37. The summed E-state index contributed by atoms with van der Waals surface area (Å²) < 4.78 is 44.5. The van der Waals surface area contributed by atoms with Crippen molar-refractivity contribution in [2.75, 3.05) is 37.5 Å². The molecular formula is C25H27ClN2O6S. The van der Waals surface area contributed by atoms with Crippen molar-refractivity contribution in [3.8, 4) is 17.2 Å². The summed E-state index contributed by atoms with van der Waals surface area (Å²) in [5.41, 5.74) is 2.61. The summed E-state index contributed by atoms with van der Waals surface area (Å²) in [6, 6.07) is 14.3. The number of carbonyl (C=O) groups excluding carboxylic acids is 1. The molecule has 3 rings (SSSR count). The number of hydrogen-bond acceptors (Lipinski definition) is 6. The fraction of sp³-hybridized carbons (Fsp3) is 0.240. The molecule has 0 aromatic heterocycles. The highest BCUT2D eigenvalue weighted by atomic mass is 35.5. The van der Waals surface area contributed by atoms with Crippen LogP contribution in [-0.4, -0.2) is 42.2 Å². The number of anilines is 2. The zero-order valence-electron chi connectivity index (χ0n) is 20.1. The zero-order chi connectivity index (χ0) is 25.8. The molecule has 35 heavy (non-hydrogen) atoms. The van der Waals surface area contributed by atoms with E-state index in [0.29, 0.717) is 11.4 Å². The minimum absolute atomic E-state index is 0.101. The minimum atomic E-state index is -4.27. The Morgan fingerprint density at radius 2 is 1.46 bits per heavy atom. The molecule has 3 aromatic carbocycles. The van der Waals surface area contributed by atoms with Crippen LogP contribution in [0.15, 0.2) is 59.5 Å². The second-order valence-corrected chi connectivity index (χ2v) is 10.1. The Hall–Kier alpha value is -3.43. The average molecular weight is 519 g/mol. The summed E-state index contributed by atoms with van der Waals surface area (Å²) >= 11 is 6.19. The van der Waals surface area contributed by atoms with Crippen molar-refractivity contribution in [2.24, 2.45) is 0 Å². The van der Waals surface area contributed by atoms with Gasteiger partial charge in [0.25, 0.3) is 10.0 Å². The van der Waals surface area contributed by atoms with Gasteiger partial charge in [0.05, 0.1) is 31.9 Å². The Balaban J connectivity index is 2.08. The first-order valence-corrected chi connectivity index (χ1v) is 12.4. The van der Waals surface area contributed by atoms with Crippen molar-refractivity contribution < 1.29 is 27.4 Å². The third-order valence-corrected chi connectivity index (χ3v) is 7.14. The second-order valence-electron chi connectivity index (χ2n) is 7.77. The number of hydrogen-bond donors (Lipinski definition) is 1. The summed E-state index contributed by atoms with van der Waals surface area (Å²) in [4.78, 5) is 13.0. The zero-order valence-corrected chi connectivity index (χ0v) is 21.7. The van der Waals surface area contributed by atoms with Gasteiger partial charge in [-0.15, -0.1) is 0 Å². The number of nitrogens with one attached hydrogen (secondary N) is 1. The highest BCUT2D eigenvalue weighted by molar-refractivity contribution is 7.92. The van der Waals surface area contributed by atoms with Crippen LogP contribution in [0.5, 0.6) is 17.2 Å². The van der Waals surface area contributed by atoms with E-state index in [1.54, 1.807) is 18.2 Å². The molecular weight excluding hydrogens is 492 g/mol. The van der Waals surface area contributed by atoms with E-state index in [2.05, 4.69) is 5.32 Å². The third-order valence-electron chi connectivity index (χ3n) is 5.15. The van der Waals surface area contributed by atoms with Gasteiger partial charge in [-0.25, -0.2) is 8.42 Å². The largest absolute Gasteiger partial charge is 0.495 e. The molecule has 186 valence electrons. The number of amides is 1. The standard InChI is InChI=1S/C25H27ClN2O6S/c1-16-10-17(2)12-19(11-16)27-25(29)15-28(21-13-18(26)6-8-22(21)32-3)35(30,31)20-7-9-23(33-4)24(14-20)34-5/h6-14H,15H2,1-5H3,(H,27,29). The Morgan fingerprint density at radius 1 is 0.857 bits per heavy atom. The maximum absolute atomic E-state index is 13.8. The lowest BCUT2D eigenvalue weighted by molar-refractivity contribution is -0.114. The summed E-state index contributed by atoms with van der Waals surface area (Å²) in [7, 11) is -0.00318. The third kappa shape index (κ3) is 5.98. The molecule has 0 bridgehead atoms. The van der Waals surface area contributed by atoms with Crippen LogP contribution in [0.2, 0.25) is 5.02 Å². The maximum Gasteiger partial charge on any atom is 0.265 e. The lowest BCUT2D eigenvalue weighted by Gasteiger charge is -2.26. The molecule has 1 N–H and O–H groups in total. The van der Waals surface area contributed by atoms with E-state index in [4.69, 9.17) is 25.8 Å². The number of rotatable bonds is 9. The van der Waals surface area contributed by atoms with E-state index < -0.39 is 22.5 Å². The van der Waals surface area contributed by atoms with E-state index in [1.807, 2.05) is 19.9 Å². The average Bonchev–Trinajstić information content (AvgIpc) is 2.81. The molecule has 0 saturated heterocycles. The number of ether oxygens (including phenoxy) is 3. The summed E-state index contributed by atoms with van der Waals surface area (Å²) in [6.07, 6.45) is 0. The van der Waals surface area contributed by atoms with E-state index in [0.717, 1.165) is 15.4 Å². The Kier molecular flexibility index (Phi) is 8.14. The fourth-order valence-electron chi connectivity index (χ4n) is 3.64. The van der Waals surface area contributed by atoms with Crippen molar-refractivity contribution in [3.63, 3.8) is 0 Å². The molecule has 0 heterocycles. The molecule has 0 radical (unpaired) electrons. The molecule has 1 amide bonds.